The maximum atomic E-state index is 9.16. The highest BCUT2D eigenvalue weighted by atomic mass is 35.5. The summed E-state index contributed by atoms with van der Waals surface area (Å²) in [5.74, 6) is 0.763. The summed E-state index contributed by atoms with van der Waals surface area (Å²) in [7, 11) is -0.477. The van der Waals surface area contributed by atoms with Gasteiger partial charge in [0.15, 0.2) is 0 Å². The molecule has 7 heteroatoms. The minimum Gasteiger partial charge on any atom is -0.491 e. The van der Waals surface area contributed by atoms with Crippen LogP contribution in [-0.4, -0.2) is 38.1 Å². The van der Waals surface area contributed by atoms with Crippen LogP contribution in [0.25, 0.3) is 0 Å². The van der Waals surface area contributed by atoms with Gasteiger partial charge in [-0.1, -0.05) is 12.1 Å². The summed E-state index contributed by atoms with van der Waals surface area (Å²) in [6.45, 7) is 0.649. The second kappa shape index (κ2) is 5.46. The fraction of sp³-hybridized carbons (Fsp3) is 0.455. The third-order valence-corrected chi connectivity index (χ3v) is 3.13. The van der Waals surface area contributed by atoms with Crippen molar-refractivity contribution < 1.29 is 19.2 Å². The summed E-state index contributed by atoms with van der Waals surface area (Å²) in [6, 6.07) is 5.78. The zero-order valence-corrected chi connectivity index (χ0v) is 10.6. The molecule has 0 saturated carbocycles. The van der Waals surface area contributed by atoms with E-state index in [1.807, 2.05) is 18.2 Å². The van der Waals surface area contributed by atoms with Crippen LogP contribution in [0, 0.1) is 0 Å². The molecule has 2 aliphatic rings. The van der Waals surface area contributed by atoms with Crippen LogP contribution in [0.5, 0.6) is 5.75 Å². The first kappa shape index (κ1) is 13.6. The Labute approximate surface area is 112 Å². The molecule has 3 N–H and O–H groups in total. The van der Waals surface area contributed by atoms with Gasteiger partial charge in [0, 0.05) is 12.0 Å². The highest BCUT2D eigenvalue weighted by Gasteiger charge is 2.42. The summed E-state index contributed by atoms with van der Waals surface area (Å²) < 4.78 is 17.0. The molecule has 1 aromatic rings. The number of benzene rings is 1. The summed E-state index contributed by atoms with van der Waals surface area (Å²) in [5.41, 5.74) is 7.61. The van der Waals surface area contributed by atoms with Crippen LogP contribution < -0.4 is 15.9 Å². The SMILES string of the molecule is Cl.NCC1OB2O[C@H](CO)COc3cccc1c32. The van der Waals surface area contributed by atoms with Crippen molar-refractivity contribution in [3.63, 3.8) is 0 Å². The van der Waals surface area contributed by atoms with E-state index in [0.29, 0.717) is 13.2 Å². The van der Waals surface area contributed by atoms with Gasteiger partial charge < -0.3 is 24.9 Å². The Balaban J connectivity index is 0.00000120. The molecule has 2 heterocycles. The van der Waals surface area contributed by atoms with Crippen LogP contribution in [0.3, 0.4) is 0 Å². The molecule has 0 bridgehead atoms. The third kappa shape index (κ3) is 2.11. The predicted molar refractivity (Wildman–Crippen MR) is 69.4 cm³/mol. The number of ether oxygens (including phenoxy) is 1. The first-order valence-corrected chi connectivity index (χ1v) is 5.71. The molecule has 1 unspecified atom stereocenters. The van der Waals surface area contributed by atoms with Crippen molar-refractivity contribution in [3.8, 4) is 5.75 Å². The summed E-state index contributed by atoms with van der Waals surface area (Å²) >= 11 is 0. The van der Waals surface area contributed by atoms with Crippen molar-refractivity contribution in [1.82, 2.24) is 0 Å². The lowest BCUT2D eigenvalue weighted by atomic mass is 9.77. The summed E-state index contributed by atoms with van der Waals surface area (Å²) in [5, 5.41) is 9.16. The van der Waals surface area contributed by atoms with Gasteiger partial charge in [-0.3, -0.25) is 0 Å². The molecule has 0 spiro atoms. The predicted octanol–water partition coefficient (Wildman–Crippen LogP) is -0.397. The van der Waals surface area contributed by atoms with E-state index in [1.165, 1.54) is 0 Å². The molecule has 0 aliphatic carbocycles. The average molecular weight is 272 g/mol. The molecule has 1 aromatic carbocycles. The molecule has 0 radical (unpaired) electrons. The van der Waals surface area contributed by atoms with Gasteiger partial charge in [0.2, 0.25) is 0 Å². The molecule has 0 amide bonds. The Hall–Kier alpha value is -0.785. The molecule has 3 rings (SSSR count). The Morgan fingerprint density at radius 3 is 2.94 bits per heavy atom. The van der Waals surface area contributed by atoms with Crippen molar-refractivity contribution >= 4 is 25.0 Å². The molecule has 2 atom stereocenters. The number of aliphatic hydroxyl groups is 1. The topological polar surface area (TPSA) is 73.9 Å². The number of rotatable bonds is 2. The number of aliphatic hydroxyl groups excluding tert-OH is 1. The minimum absolute atomic E-state index is 0. The van der Waals surface area contributed by atoms with Crippen molar-refractivity contribution in [1.29, 1.82) is 0 Å². The largest absolute Gasteiger partial charge is 0.498 e. The zero-order valence-electron chi connectivity index (χ0n) is 9.74. The van der Waals surface area contributed by atoms with Gasteiger partial charge in [-0.05, 0) is 11.6 Å². The number of halogens is 1. The van der Waals surface area contributed by atoms with E-state index in [2.05, 4.69) is 0 Å². The van der Waals surface area contributed by atoms with Crippen molar-refractivity contribution in [2.24, 2.45) is 5.73 Å². The molecule has 98 valence electrons. The fourth-order valence-corrected chi connectivity index (χ4v) is 2.29. The molecule has 18 heavy (non-hydrogen) atoms. The maximum Gasteiger partial charge on any atom is 0.498 e. The van der Waals surface area contributed by atoms with Crippen LogP contribution in [0.15, 0.2) is 18.2 Å². The quantitative estimate of drug-likeness (QED) is 0.716. The number of hydrogen-bond acceptors (Lipinski definition) is 5. The Morgan fingerprint density at radius 1 is 1.39 bits per heavy atom. The third-order valence-electron chi connectivity index (χ3n) is 3.13. The van der Waals surface area contributed by atoms with Gasteiger partial charge in [0.05, 0.1) is 12.7 Å². The molecule has 0 aromatic heterocycles. The minimum atomic E-state index is -0.477. The van der Waals surface area contributed by atoms with E-state index in [9.17, 15) is 0 Å². The second-order valence-electron chi connectivity index (χ2n) is 4.20. The van der Waals surface area contributed by atoms with Crippen molar-refractivity contribution in [3.05, 3.63) is 23.8 Å². The first-order chi connectivity index (χ1) is 8.33. The van der Waals surface area contributed by atoms with Crippen LogP contribution in [0.2, 0.25) is 0 Å². The van der Waals surface area contributed by atoms with E-state index in [0.717, 1.165) is 16.8 Å². The standard InChI is InChI=1S/C11H14BNO4.ClH/c13-4-10-8-2-1-3-9-11(8)12(17-10)16-7(5-14)6-15-9;/h1-3,7,10,14H,4-6,13H2;1H/t7-,10?;/m1./s1. The van der Waals surface area contributed by atoms with Gasteiger partial charge >= 0.3 is 7.12 Å². The average Bonchev–Trinajstić information content (AvgIpc) is 2.61. The monoisotopic (exact) mass is 271 g/mol. The fourth-order valence-electron chi connectivity index (χ4n) is 2.29. The normalized spacial score (nSPS) is 24.9. The maximum absolute atomic E-state index is 9.16. The lowest BCUT2D eigenvalue weighted by molar-refractivity contribution is 0.0498. The van der Waals surface area contributed by atoms with Crippen LogP contribution >= 0.6 is 12.4 Å². The molecule has 5 nitrogen and oxygen atoms in total. The van der Waals surface area contributed by atoms with E-state index in [4.69, 9.17) is 24.9 Å². The van der Waals surface area contributed by atoms with Crippen molar-refractivity contribution in [2.45, 2.75) is 12.2 Å². The first-order valence-electron chi connectivity index (χ1n) is 5.71. The number of nitrogens with two attached hydrogens (primary N) is 1. The van der Waals surface area contributed by atoms with Gasteiger partial charge in [-0.25, -0.2) is 0 Å². The van der Waals surface area contributed by atoms with E-state index < -0.39 is 7.12 Å². The molecule has 0 saturated heterocycles. The van der Waals surface area contributed by atoms with Crippen molar-refractivity contribution in [2.75, 3.05) is 19.8 Å². The van der Waals surface area contributed by atoms with Gasteiger partial charge in [0.25, 0.3) is 0 Å². The van der Waals surface area contributed by atoms with E-state index >= 15 is 0 Å². The van der Waals surface area contributed by atoms with Crippen LogP contribution in [0.4, 0.5) is 0 Å². The second-order valence-corrected chi connectivity index (χ2v) is 4.20. The van der Waals surface area contributed by atoms with E-state index in [-0.39, 0.29) is 31.2 Å². The van der Waals surface area contributed by atoms with Crippen LogP contribution in [0.1, 0.15) is 11.7 Å². The number of hydrogen-bond donors (Lipinski definition) is 2. The molecule has 0 fully saturated rings. The van der Waals surface area contributed by atoms with Gasteiger partial charge in [0.1, 0.15) is 18.5 Å². The molecule has 2 aliphatic heterocycles. The highest BCUT2D eigenvalue weighted by Crippen LogP contribution is 2.30. The van der Waals surface area contributed by atoms with E-state index in [1.54, 1.807) is 0 Å². The molecular formula is C11H15BClNO4. The smallest absolute Gasteiger partial charge is 0.491 e. The highest BCUT2D eigenvalue weighted by molar-refractivity contribution is 6.64. The summed E-state index contributed by atoms with van der Waals surface area (Å²) in [4.78, 5) is 0. The van der Waals surface area contributed by atoms with Gasteiger partial charge in [-0.2, -0.15) is 0 Å². The van der Waals surface area contributed by atoms with Gasteiger partial charge in [-0.15, -0.1) is 12.4 Å². The Morgan fingerprint density at radius 2 is 2.22 bits per heavy atom. The zero-order chi connectivity index (χ0) is 11.8. The van der Waals surface area contributed by atoms with Crippen LogP contribution in [-0.2, 0) is 9.31 Å². The lowest BCUT2D eigenvalue weighted by Gasteiger charge is -2.16. The lowest BCUT2D eigenvalue weighted by Crippen LogP contribution is -2.36. The molecular weight excluding hydrogens is 256 g/mol. The summed E-state index contributed by atoms with van der Waals surface area (Å²) in [6.07, 6.45) is -0.521. The Kier molecular flexibility index (Phi) is 4.14. The Bertz CT molecular complexity index is 434.